The molecule has 0 amide bonds. The van der Waals surface area contributed by atoms with Gasteiger partial charge in [0.15, 0.2) is 5.78 Å². The Morgan fingerprint density at radius 3 is 2.61 bits per heavy atom. The minimum atomic E-state index is -0.376. The third kappa shape index (κ3) is 3.02. The van der Waals surface area contributed by atoms with Crippen LogP contribution in [-0.4, -0.2) is 5.78 Å². The lowest BCUT2D eigenvalue weighted by molar-refractivity contribution is -0.116. The van der Waals surface area contributed by atoms with Crippen LogP contribution < -0.4 is 10.6 Å². The summed E-state index contributed by atoms with van der Waals surface area (Å²) < 4.78 is 13.9. The number of rotatable bonds is 2. The van der Waals surface area contributed by atoms with Crippen molar-refractivity contribution in [3.05, 3.63) is 93.6 Å². The molecule has 2 heterocycles. The van der Waals surface area contributed by atoms with E-state index >= 15 is 0 Å². The molecule has 2 aliphatic rings. The molecule has 1 aliphatic carbocycles. The second-order valence-corrected chi connectivity index (χ2v) is 8.22. The van der Waals surface area contributed by atoms with Gasteiger partial charge in [0.05, 0.1) is 17.4 Å². The first kappa shape index (κ1) is 17.2. The van der Waals surface area contributed by atoms with Gasteiger partial charge in [0.2, 0.25) is 0 Å². The van der Waals surface area contributed by atoms with Gasteiger partial charge in [0, 0.05) is 28.5 Å². The van der Waals surface area contributed by atoms with Gasteiger partial charge >= 0.3 is 0 Å². The molecule has 0 saturated carbocycles. The zero-order valence-electron chi connectivity index (χ0n) is 15.1. The van der Waals surface area contributed by atoms with Crippen LogP contribution in [0.15, 0.2) is 77.3 Å². The number of halogens is 1. The first-order chi connectivity index (χ1) is 13.7. The summed E-state index contributed by atoms with van der Waals surface area (Å²) in [6.07, 6.45) is 1.24. The van der Waals surface area contributed by atoms with E-state index in [4.69, 9.17) is 0 Å². The van der Waals surface area contributed by atoms with Gasteiger partial charge in [-0.2, -0.15) is 0 Å². The largest absolute Gasteiger partial charge is 0.372 e. The van der Waals surface area contributed by atoms with E-state index in [2.05, 4.69) is 22.1 Å². The number of carbonyl (C=O) groups excluding carboxylic acids is 1. The summed E-state index contributed by atoms with van der Waals surface area (Å²) in [6.45, 7) is 0. The number of hydrogen-bond acceptors (Lipinski definition) is 4. The van der Waals surface area contributed by atoms with E-state index in [9.17, 15) is 9.18 Å². The second-order valence-electron chi connectivity index (χ2n) is 7.24. The summed E-state index contributed by atoms with van der Waals surface area (Å²) in [5.74, 6) is -0.00875. The molecule has 3 aromatic rings. The van der Waals surface area contributed by atoms with E-state index in [0.717, 1.165) is 34.6 Å². The average Bonchev–Trinajstić information content (AvgIpc) is 3.17. The highest BCUT2D eigenvalue weighted by atomic mass is 32.1. The molecule has 2 atom stereocenters. The Balaban J connectivity index is 1.64. The van der Waals surface area contributed by atoms with Crippen molar-refractivity contribution >= 4 is 28.5 Å². The van der Waals surface area contributed by atoms with E-state index in [1.807, 2.05) is 36.4 Å². The molecule has 0 radical (unpaired) electrons. The highest BCUT2D eigenvalue weighted by Crippen LogP contribution is 2.44. The number of allylic oxidation sites excluding steroid dienone is 1. The van der Waals surface area contributed by atoms with Crippen LogP contribution >= 0.6 is 11.3 Å². The van der Waals surface area contributed by atoms with E-state index in [1.165, 1.54) is 17.0 Å². The summed E-state index contributed by atoms with van der Waals surface area (Å²) in [6, 6.07) is 18.2. The van der Waals surface area contributed by atoms with Gasteiger partial charge in [-0.3, -0.25) is 4.79 Å². The topological polar surface area (TPSA) is 41.1 Å². The predicted octanol–water partition coefficient (Wildman–Crippen LogP) is 5.87. The third-order valence-electron chi connectivity index (χ3n) is 5.44. The van der Waals surface area contributed by atoms with Crippen LogP contribution in [0, 0.1) is 5.82 Å². The molecule has 140 valence electrons. The number of Topliss-reactive ketones (excluding diaryl/α,β-unsaturated/α-hetero) is 1. The lowest BCUT2D eigenvalue weighted by Gasteiger charge is -2.29. The number of nitrogens with one attached hydrogen (secondary N) is 2. The van der Waals surface area contributed by atoms with Gasteiger partial charge in [-0.05, 0) is 47.7 Å². The second kappa shape index (κ2) is 6.91. The molecule has 28 heavy (non-hydrogen) atoms. The fourth-order valence-electron chi connectivity index (χ4n) is 4.15. The normalized spacial score (nSPS) is 21.2. The van der Waals surface area contributed by atoms with Gasteiger partial charge in [0.25, 0.3) is 0 Å². The van der Waals surface area contributed by atoms with Crippen molar-refractivity contribution in [3.63, 3.8) is 0 Å². The van der Waals surface area contributed by atoms with E-state index < -0.39 is 0 Å². The number of anilines is 2. The Kier molecular flexibility index (Phi) is 4.24. The zero-order valence-corrected chi connectivity index (χ0v) is 15.9. The molecule has 0 unspecified atom stereocenters. The summed E-state index contributed by atoms with van der Waals surface area (Å²) >= 11 is 1.69. The van der Waals surface area contributed by atoms with Crippen LogP contribution in [0.4, 0.5) is 15.8 Å². The maximum Gasteiger partial charge on any atom is 0.163 e. The minimum Gasteiger partial charge on any atom is -0.372 e. The molecule has 1 aromatic heterocycles. The monoisotopic (exact) mass is 390 g/mol. The summed E-state index contributed by atoms with van der Waals surface area (Å²) in [7, 11) is 0. The summed E-state index contributed by atoms with van der Waals surface area (Å²) in [4.78, 5) is 14.5. The van der Waals surface area contributed by atoms with Crippen molar-refractivity contribution in [1.29, 1.82) is 0 Å². The molecule has 2 N–H and O–H groups in total. The van der Waals surface area contributed by atoms with E-state index in [1.54, 1.807) is 17.4 Å². The molecule has 0 fully saturated rings. The van der Waals surface area contributed by atoms with Crippen molar-refractivity contribution in [2.45, 2.75) is 24.8 Å². The smallest absolute Gasteiger partial charge is 0.163 e. The third-order valence-corrected chi connectivity index (χ3v) is 6.47. The minimum absolute atomic E-state index is 0.113. The van der Waals surface area contributed by atoms with Crippen LogP contribution in [-0.2, 0) is 4.79 Å². The lowest BCUT2D eigenvalue weighted by atomic mass is 9.81. The highest BCUT2D eigenvalue weighted by Gasteiger charge is 2.36. The van der Waals surface area contributed by atoms with E-state index in [-0.39, 0.29) is 23.6 Å². The number of ketones is 1. The molecular weight excluding hydrogens is 371 g/mol. The van der Waals surface area contributed by atoms with Gasteiger partial charge < -0.3 is 10.6 Å². The molecule has 0 saturated heterocycles. The Bertz CT molecular complexity index is 1070. The van der Waals surface area contributed by atoms with Crippen LogP contribution in [0.2, 0.25) is 0 Å². The van der Waals surface area contributed by atoms with Crippen molar-refractivity contribution in [2.75, 3.05) is 10.6 Å². The van der Waals surface area contributed by atoms with Crippen molar-refractivity contribution < 1.29 is 9.18 Å². The number of para-hydroxylation sites is 2. The van der Waals surface area contributed by atoms with Crippen molar-refractivity contribution in [2.24, 2.45) is 0 Å². The molecule has 2 aromatic carbocycles. The maximum absolute atomic E-state index is 13.9. The Morgan fingerprint density at radius 1 is 0.964 bits per heavy atom. The quantitative estimate of drug-likeness (QED) is 0.575. The molecule has 0 spiro atoms. The van der Waals surface area contributed by atoms with E-state index in [0.29, 0.717) is 6.42 Å². The van der Waals surface area contributed by atoms with Crippen molar-refractivity contribution in [3.8, 4) is 0 Å². The lowest BCUT2D eigenvalue weighted by Crippen LogP contribution is -2.26. The van der Waals surface area contributed by atoms with Crippen LogP contribution in [0.1, 0.15) is 35.2 Å². The van der Waals surface area contributed by atoms with Gasteiger partial charge in [-0.15, -0.1) is 11.3 Å². The fourth-order valence-corrected chi connectivity index (χ4v) is 4.98. The van der Waals surface area contributed by atoms with Gasteiger partial charge in [0.1, 0.15) is 5.82 Å². The molecule has 0 bridgehead atoms. The number of carbonyl (C=O) groups is 1. The van der Waals surface area contributed by atoms with Crippen LogP contribution in [0.5, 0.6) is 0 Å². The zero-order chi connectivity index (χ0) is 19.1. The average molecular weight is 390 g/mol. The number of fused-ring (bicyclic) bond motifs is 1. The summed E-state index contributed by atoms with van der Waals surface area (Å²) in [5, 5.41) is 9.03. The highest BCUT2D eigenvalue weighted by molar-refractivity contribution is 7.10. The number of hydrogen-bond donors (Lipinski definition) is 2. The van der Waals surface area contributed by atoms with Gasteiger partial charge in [-0.1, -0.05) is 30.3 Å². The molecule has 1 aliphatic heterocycles. The standard InChI is InChI=1S/C23H19FN2OS/c24-16-6-3-5-14(11-16)23-22-19(25-17-7-1-2-8-18(17)26-23)12-15(13-20(22)27)21-9-4-10-28-21/h1-11,15,23,25-26H,12-13H2/t15-,23-/m0/s1. The SMILES string of the molecule is O=C1C[C@@H](c2cccs2)CC2=C1[C@H](c1cccc(F)c1)Nc1ccccc1N2. The molecule has 3 nitrogen and oxygen atoms in total. The van der Waals surface area contributed by atoms with Crippen LogP contribution in [0.3, 0.4) is 0 Å². The van der Waals surface area contributed by atoms with Crippen molar-refractivity contribution in [1.82, 2.24) is 0 Å². The maximum atomic E-state index is 13.9. The molecule has 5 rings (SSSR count). The molecule has 5 heteroatoms. The number of thiophene rings is 1. The Hall–Kier alpha value is -2.92. The summed E-state index contributed by atoms with van der Waals surface area (Å²) in [5.41, 5.74) is 4.25. The number of benzene rings is 2. The Labute approximate surface area is 166 Å². The fraction of sp³-hybridized carbons (Fsp3) is 0.174. The Morgan fingerprint density at radius 2 is 1.82 bits per heavy atom. The first-order valence-electron chi connectivity index (χ1n) is 9.37. The van der Waals surface area contributed by atoms with Crippen LogP contribution in [0.25, 0.3) is 0 Å². The van der Waals surface area contributed by atoms with Gasteiger partial charge in [-0.25, -0.2) is 4.39 Å². The predicted molar refractivity (Wildman–Crippen MR) is 111 cm³/mol. The molecular formula is C23H19FN2OS. The first-order valence-corrected chi connectivity index (χ1v) is 10.2.